The van der Waals surface area contributed by atoms with Gasteiger partial charge in [0.2, 0.25) is 6.29 Å². The number of carboxylic acids is 3. The molecule has 9 atom stereocenters. The van der Waals surface area contributed by atoms with E-state index in [-0.39, 0.29) is 34.9 Å². The van der Waals surface area contributed by atoms with E-state index < -0.39 is 79.1 Å². The second kappa shape index (κ2) is 10.1. The van der Waals surface area contributed by atoms with Gasteiger partial charge in [0.05, 0.1) is 6.61 Å². The normalized spacial score (nSPS) is 35.1. The van der Waals surface area contributed by atoms with Crippen molar-refractivity contribution in [1.82, 2.24) is 5.32 Å². The van der Waals surface area contributed by atoms with Crippen molar-refractivity contribution in [2.24, 2.45) is 0 Å². The quantitative estimate of drug-likeness (QED) is 0.162. The Morgan fingerprint density at radius 1 is 1.05 bits per heavy atom. The van der Waals surface area contributed by atoms with Crippen LogP contribution in [-0.2, 0) is 25.5 Å². The van der Waals surface area contributed by atoms with E-state index >= 15 is 0 Å². The van der Waals surface area contributed by atoms with E-state index in [4.69, 9.17) is 9.47 Å². The molecule has 0 radical (unpaired) electrons. The zero-order chi connectivity index (χ0) is 27.2. The Kier molecular flexibility index (Phi) is 7.27. The van der Waals surface area contributed by atoms with Crippen molar-refractivity contribution < 1.29 is 69.6 Å². The number of fused-ring (bicyclic) bond motifs is 1. The molecule has 0 spiro atoms. The summed E-state index contributed by atoms with van der Waals surface area (Å²) in [6.45, 7) is -0.695. The SMILES string of the molecule is O=C(O)C1=CC([NH+]2c3cc(O)c(O[C@@H]4O[C@H](CO)[C@@H](O)[C@H](O)[C@H]4O)cc3C[C@H]2C(=O)O)C[C@@H](C(=O)O)N1. The summed E-state index contributed by atoms with van der Waals surface area (Å²) in [5.41, 5.74) is 0.277. The predicted molar refractivity (Wildman–Crippen MR) is 117 cm³/mol. The highest BCUT2D eigenvalue weighted by Crippen LogP contribution is 2.37. The van der Waals surface area contributed by atoms with Crippen LogP contribution in [-0.4, -0.2) is 114 Å². The molecule has 0 bridgehead atoms. The van der Waals surface area contributed by atoms with Crippen LogP contribution >= 0.6 is 0 Å². The topological polar surface area (TPSA) is 248 Å². The highest BCUT2D eigenvalue weighted by molar-refractivity contribution is 5.88. The molecule has 1 aromatic carbocycles. The van der Waals surface area contributed by atoms with Crippen molar-refractivity contribution in [3.05, 3.63) is 29.5 Å². The molecule has 0 aromatic heterocycles. The number of phenolic OH excluding ortho intramolecular Hbond substituents is 1. The van der Waals surface area contributed by atoms with Crippen LogP contribution in [0, 0.1) is 0 Å². The van der Waals surface area contributed by atoms with Gasteiger partial charge < -0.3 is 55.6 Å². The molecule has 0 saturated carbocycles. The fourth-order valence-corrected chi connectivity index (χ4v) is 4.96. The van der Waals surface area contributed by atoms with Gasteiger partial charge in [-0.15, -0.1) is 0 Å². The third-order valence-corrected chi connectivity index (χ3v) is 6.80. The van der Waals surface area contributed by atoms with E-state index in [1.54, 1.807) is 0 Å². The van der Waals surface area contributed by atoms with Gasteiger partial charge in [0.25, 0.3) is 0 Å². The highest BCUT2D eigenvalue weighted by atomic mass is 16.7. The number of aliphatic hydroxyl groups excluding tert-OH is 4. The van der Waals surface area contributed by atoms with Crippen LogP contribution in [0.5, 0.6) is 11.5 Å². The summed E-state index contributed by atoms with van der Waals surface area (Å²) >= 11 is 0. The number of aromatic hydroxyl groups is 1. The van der Waals surface area contributed by atoms with Gasteiger partial charge in [-0.05, 0) is 6.07 Å². The summed E-state index contributed by atoms with van der Waals surface area (Å²) in [6.07, 6.45) is -6.90. The van der Waals surface area contributed by atoms with Crippen molar-refractivity contribution in [3.8, 4) is 11.5 Å². The lowest BCUT2D eigenvalue weighted by atomic mass is 9.98. The third-order valence-electron chi connectivity index (χ3n) is 6.80. The van der Waals surface area contributed by atoms with Gasteiger partial charge in [-0.1, -0.05) is 0 Å². The number of carbonyl (C=O) groups is 3. The lowest BCUT2D eigenvalue weighted by Crippen LogP contribution is -3.15. The summed E-state index contributed by atoms with van der Waals surface area (Å²) in [5, 5.41) is 81.2. The number of benzene rings is 1. The van der Waals surface area contributed by atoms with Crippen LogP contribution in [0.3, 0.4) is 0 Å². The molecule has 1 aromatic rings. The fraction of sp³-hybridized carbons (Fsp3) is 0.500. The van der Waals surface area contributed by atoms with E-state index in [0.29, 0.717) is 5.56 Å². The van der Waals surface area contributed by atoms with Crippen molar-refractivity contribution in [2.75, 3.05) is 6.61 Å². The van der Waals surface area contributed by atoms with Crippen molar-refractivity contribution in [3.63, 3.8) is 0 Å². The second-order valence-corrected chi connectivity index (χ2v) is 9.11. The van der Waals surface area contributed by atoms with Crippen LogP contribution in [0.25, 0.3) is 0 Å². The number of quaternary nitrogens is 1. The zero-order valence-electron chi connectivity index (χ0n) is 19.1. The van der Waals surface area contributed by atoms with E-state index in [2.05, 4.69) is 5.32 Å². The van der Waals surface area contributed by atoms with Gasteiger partial charge >= 0.3 is 17.9 Å². The van der Waals surface area contributed by atoms with E-state index in [1.165, 1.54) is 18.2 Å². The predicted octanol–water partition coefficient (Wildman–Crippen LogP) is -4.12. The summed E-state index contributed by atoms with van der Waals surface area (Å²) in [7, 11) is 0. The number of ether oxygens (including phenoxy) is 2. The van der Waals surface area contributed by atoms with Crippen LogP contribution in [0.15, 0.2) is 23.9 Å². The van der Waals surface area contributed by atoms with E-state index in [9.17, 15) is 55.2 Å². The number of hydrogen-bond acceptors (Lipinski definition) is 11. The number of aliphatic hydroxyl groups is 4. The molecule has 15 nitrogen and oxygen atoms in total. The van der Waals surface area contributed by atoms with Gasteiger partial charge in [0.15, 0.2) is 17.5 Å². The minimum Gasteiger partial charge on any atom is -0.504 e. The highest BCUT2D eigenvalue weighted by Gasteiger charge is 2.48. The Morgan fingerprint density at radius 2 is 1.76 bits per heavy atom. The van der Waals surface area contributed by atoms with Crippen LogP contribution in [0.1, 0.15) is 12.0 Å². The van der Waals surface area contributed by atoms with Crippen LogP contribution in [0.4, 0.5) is 5.69 Å². The summed E-state index contributed by atoms with van der Waals surface area (Å²) in [6, 6.07) is -0.825. The standard InChI is InChI=1S/C22H26N2O13/c25-6-15-16(27)17(28)18(29)22(37-15)36-14-2-7-1-12(21(34)35)24(11(7)5-13(14)26)8-3-9(19(30)31)23-10(4-8)20(32)33/h2-3,5,8,10,12,15-18,22-23,25-29H,1,4,6H2,(H,30,31)(H,32,33)(H,34,35)/p+1/t8?,10-,12-,15+,16+,17-,18+,22+/m0/s1. The fourth-order valence-electron chi connectivity index (χ4n) is 4.96. The zero-order valence-corrected chi connectivity index (χ0v) is 19.1. The molecule has 0 aliphatic carbocycles. The molecule has 1 saturated heterocycles. The Balaban J connectivity index is 1.67. The average molecular weight is 527 g/mol. The summed E-state index contributed by atoms with van der Waals surface area (Å²) < 4.78 is 10.8. The lowest BCUT2D eigenvalue weighted by molar-refractivity contribution is -0.865. The number of aliphatic carboxylic acids is 3. The number of rotatable bonds is 7. The molecular weight excluding hydrogens is 500 g/mol. The minimum atomic E-state index is -1.75. The average Bonchev–Trinajstić information content (AvgIpc) is 3.22. The van der Waals surface area contributed by atoms with Gasteiger partial charge in [-0.2, -0.15) is 0 Å². The monoisotopic (exact) mass is 527 g/mol. The van der Waals surface area contributed by atoms with E-state index in [0.717, 1.165) is 0 Å². The molecule has 202 valence electrons. The van der Waals surface area contributed by atoms with Crippen LogP contribution in [0.2, 0.25) is 0 Å². The Bertz CT molecular complexity index is 1120. The van der Waals surface area contributed by atoms with Crippen molar-refractivity contribution >= 4 is 23.6 Å². The van der Waals surface area contributed by atoms with Gasteiger partial charge in [-0.25, -0.2) is 14.4 Å². The van der Waals surface area contributed by atoms with Crippen LogP contribution < -0.4 is 15.0 Å². The Morgan fingerprint density at radius 3 is 2.35 bits per heavy atom. The van der Waals surface area contributed by atoms with Gasteiger partial charge in [0.1, 0.15) is 47.9 Å². The number of hydrogen-bond donors (Lipinski definition) is 10. The first-order valence-corrected chi connectivity index (χ1v) is 11.3. The molecule has 3 aliphatic rings. The maximum Gasteiger partial charge on any atom is 0.363 e. The summed E-state index contributed by atoms with van der Waals surface area (Å²) in [5.74, 6) is -4.71. The Hall–Kier alpha value is -3.47. The largest absolute Gasteiger partial charge is 0.504 e. The Labute approximate surface area is 208 Å². The second-order valence-electron chi connectivity index (χ2n) is 9.11. The van der Waals surface area contributed by atoms with Crippen molar-refractivity contribution in [2.45, 2.75) is 61.7 Å². The smallest absolute Gasteiger partial charge is 0.363 e. The molecule has 2 unspecified atom stereocenters. The van der Waals surface area contributed by atoms with Crippen molar-refractivity contribution in [1.29, 1.82) is 0 Å². The van der Waals surface area contributed by atoms with E-state index in [1.807, 2.05) is 0 Å². The first kappa shape index (κ1) is 26.6. The number of carboxylic acid groups (broad SMARTS) is 3. The maximum atomic E-state index is 12.1. The molecule has 0 amide bonds. The lowest BCUT2D eigenvalue weighted by Gasteiger charge is -2.39. The molecular formula is C22H27N2O13+. The summed E-state index contributed by atoms with van der Waals surface area (Å²) in [4.78, 5) is 35.5. The molecule has 3 heterocycles. The minimum absolute atomic E-state index is 0.0801. The van der Waals surface area contributed by atoms with Gasteiger partial charge in [0, 0.05) is 30.5 Å². The van der Waals surface area contributed by atoms with Gasteiger partial charge in [-0.3, -0.25) is 4.90 Å². The molecule has 10 N–H and O–H groups in total. The molecule has 15 heteroatoms. The molecule has 4 rings (SSSR count). The number of phenols is 1. The third kappa shape index (κ3) is 4.92. The number of nitrogens with one attached hydrogen (secondary N) is 2. The molecule has 3 aliphatic heterocycles. The first-order chi connectivity index (χ1) is 17.4. The molecule has 37 heavy (non-hydrogen) atoms. The molecule has 1 fully saturated rings. The first-order valence-electron chi connectivity index (χ1n) is 11.3. The maximum absolute atomic E-state index is 12.1.